The van der Waals surface area contributed by atoms with E-state index in [1.165, 1.54) is 116 Å². The Balaban J connectivity index is 3.72. The Morgan fingerprint density at radius 3 is 1.44 bits per heavy atom. The highest BCUT2D eigenvalue weighted by Crippen LogP contribution is 2.17. The minimum Gasteiger partial charge on any atom is -0.457 e. The number of hydrogen-bond donors (Lipinski definition) is 1. The molecule has 0 bridgehead atoms. The van der Waals surface area contributed by atoms with Crippen LogP contribution in [0.15, 0.2) is 0 Å². The van der Waals surface area contributed by atoms with Crippen LogP contribution in [0, 0.1) is 0 Å². The average molecular weight is 578 g/mol. The number of hydrogen-bond acceptors (Lipinski definition) is 6. The quantitative estimate of drug-likeness (QED) is 0.0280. The van der Waals surface area contributed by atoms with E-state index in [-0.39, 0.29) is 19.2 Å². The molecule has 0 heterocycles. The third-order valence-electron chi connectivity index (χ3n) is 7.07. The molecule has 7 nitrogen and oxygen atoms in total. The number of carbonyl (C=O) groups is 1. The summed E-state index contributed by atoms with van der Waals surface area (Å²) in [5, 5.41) is 0. The molecule has 0 saturated heterocycles. The first-order valence-electron chi connectivity index (χ1n) is 16.3. The van der Waals surface area contributed by atoms with Crippen LogP contribution in [0.3, 0.4) is 0 Å². The molecule has 39 heavy (non-hydrogen) atoms. The van der Waals surface area contributed by atoms with Gasteiger partial charge in [0.2, 0.25) is 0 Å². The maximum absolute atomic E-state index is 12.2. The fourth-order valence-electron chi connectivity index (χ4n) is 4.63. The van der Waals surface area contributed by atoms with E-state index >= 15 is 0 Å². The number of carbonyl (C=O) groups excluding carboxylic acids is 1. The molecule has 0 aliphatic heterocycles. The number of esters is 1. The van der Waals surface area contributed by atoms with Crippen molar-refractivity contribution in [1.82, 2.24) is 0 Å². The Hall–Kier alpha value is -0.590. The highest BCUT2D eigenvalue weighted by Gasteiger charge is 2.22. The van der Waals surface area contributed by atoms with E-state index in [1.54, 1.807) is 0 Å². The van der Waals surface area contributed by atoms with Crippen molar-refractivity contribution in [1.29, 1.82) is 0 Å². The first-order valence-corrected chi connectivity index (χ1v) is 17.5. The molecular weight excluding hydrogens is 515 g/mol. The summed E-state index contributed by atoms with van der Waals surface area (Å²) in [5.74, 6) is -0.336. The van der Waals surface area contributed by atoms with Crippen molar-refractivity contribution in [3.63, 3.8) is 0 Å². The SMILES string of the molecule is CCCCCCCCCCCCCCOOCC(CO[P+](=O)O)OC(=O)CCCCCCCCCCCCC. The monoisotopic (exact) mass is 577 g/mol. The second-order valence-corrected chi connectivity index (χ2v) is 11.7. The van der Waals surface area contributed by atoms with E-state index < -0.39 is 14.4 Å². The molecule has 0 aliphatic rings. The highest BCUT2D eigenvalue weighted by atomic mass is 31.1. The zero-order chi connectivity index (χ0) is 28.7. The van der Waals surface area contributed by atoms with E-state index in [0.29, 0.717) is 13.0 Å². The van der Waals surface area contributed by atoms with Crippen molar-refractivity contribution in [3.8, 4) is 0 Å². The van der Waals surface area contributed by atoms with E-state index in [4.69, 9.17) is 23.9 Å². The molecule has 0 rings (SSSR count). The Kier molecular flexibility index (Phi) is 31.4. The summed E-state index contributed by atoms with van der Waals surface area (Å²) < 4.78 is 21.0. The molecule has 1 N–H and O–H groups in total. The lowest BCUT2D eigenvalue weighted by Crippen LogP contribution is -2.28. The van der Waals surface area contributed by atoms with E-state index in [1.807, 2.05) is 0 Å². The summed E-state index contributed by atoms with van der Waals surface area (Å²) in [6.07, 6.45) is 28.3. The average Bonchev–Trinajstić information content (AvgIpc) is 2.92. The van der Waals surface area contributed by atoms with Gasteiger partial charge in [0.1, 0.15) is 13.2 Å². The zero-order valence-corrected chi connectivity index (χ0v) is 26.4. The highest BCUT2D eigenvalue weighted by molar-refractivity contribution is 7.32. The summed E-state index contributed by atoms with van der Waals surface area (Å²) in [4.78, 5) is 31.6. The lowest BCUT2D eigenvalue weighted by atomic mass is 10.1. The molecule has 0 amide bonds. The Morgan fingerprint density at radius 1 is 0.590 bits per heavy atom. The molecule has 0 aromatic heterocycles. The molecule has 8 heteroatoms. The van der Waals surface area contributed by atoms with Gasteiger partial charge in [-0.25, -0.2) is 9.78 Å². The summed E-state index contributed by atoms with van der Waals surface area (Å²) in [6, 6.07) is 0. The molecule has 0 aliphatic carbocycles. The van der Waals surface area contributed by atoms with Gasteiger partial charge in [0.25, 0.3) is 0 Å². The molecule has 2 atom stereocenters. The minimum absolute atomic E-state index is 0.0224. The molecule has 0 aromatic carbocycles. The zero-order valence-electron chi connectivity index (χ0n) is 25.5. The van der Waals surface area contributed by atoms with Crippen LogP contribution in [-0.2, 0) is 28.4 Å². The Labute approximate surface area is 241 Å². The summed E-state index contributed by atoms with van der Waals surface area (Å²) >= 11 is 0. The third-order valence-corrected chi connectivity index (χ3v) is 7.44. The largest absolute Gasteiger partial charge is 0.694 e. The van der Waals surface area contributed by atoms with Crippen LogP contribution < -0.4 is 0 Å². The number of rotatable bonds is 32. The van der Waals surface area contributed by atoms with Crippen molar-refractivity contribution in [2.24, 2.45) is 0 Å². The van der Waals surface area contributed by atoms with Gasteiger partial charge in [-0.2, -0.15) is 0 Å². The molecule has 0 saturated carbocycles. The van der Waals surface area contributed by atoms with Gasteiger partial charge in [-0.1, -0.05) is 149 Å². The summed E-state index contributed by atoms with van der Waals surface area (Å²) in [5.41, 5.74) is 0. The van der Waals surface area contributed by atoms with Gasteiger partial charge in [-0.05, 0) is 12.8 Å². The van der Waals surface area contributed by atoms with Crippen molar-refractivity contribution in [2.45, 2.75) is 174 Å². The maximum Gasteiger partial charge on any atom is 0.694 e. The predicted octanol–water partition coefficient (Wildman–Crippen LogP) is 9.91. The van der Waals surface area contributed by atoms with E-state index in [9.17, 15) is 9.36 Å². The first-order chi connectivity index (χ1) is 19.1. The topological polar surface area (TPSA) is 91.3 Å². The molecule has 2 unspecified atom stereocenters. The fourth-order valence-corrected chi connectivity index (χ4v) is 4.92. The number of unbranched alkanes of at least 4 members (excludes halogenated alkanes) is 21. The van der Waals surface area contributed by atoms with Gasteiger partial charge in [0, 0.05) is 11.0 Å². The fraction of sp³-hybridized carbons (Fsp3) is 0.968. The Morgan fingerprint density at radius 2 is 1.00 bits per heavy atom. The molecule has 232 valence electrons. The van der Waals surface area contributed by atoms with Gasteiger partial charge in [-0.15, -0.1) is 9.42 Å². The lowest BCUT2D eigenvalue weighted by molar-refractivity contribution is -0.307. The standard InChI is InChI=1S/C31H61O7P/c1-3-5-7-9-11-13-15-17-19-21-23-25-27-35-36-28-30(29-37-39(33)34)38-31(32)26-24-22-20-18-16-14-12-10-8-6-4-2/h30H,3-29H2,1-2H3/p+1. The smallest absolute Gasteiger partial charge is 0.457 e. The summed E-state index contributed by atoms with van der Waals surface area (Å²) in [6.45, 7) is 4.75. The van der Waals surface area contributed by atoms with Crippen LogP contribution in [0.1, 0.15) is 168 Å². The first kappa shape index (κ1) is 38.4. The van der Waals surface area contributed by atoms with Gasteiger partial charge in [0.15, 0.2) is 6.10 Å². The van der Waals surface area contributed by atoms with Gasteiger partial charge < -0.3 is 4.74 Å². The normalized spacial score (nSPS) is 12.5. The minimum atomic E-state index is -2.76. The molecule has 0 fully saturated rings. The molecule has 0 spiro atoms. The van der Waals surface area contributed by atoms with Crippen molar-refractivity contribution in [2.75, 3.05) is 19.8 Å². The predicted molar refractivity (Wildman–Crippen MR) is 160 cm³/mol. The van der Waals surface area contributed by atoms with Crippen LogP contribution in [0.5, 0.6) is 0 Å². The second kappa shape index (κ2) is 31.9. The lowest BCUT2D eigenvalue weighted by Gasteiger charge is -2.15. The maximum atomic E-state index is 12.2. The van der Waals surface area contributed by atoms with Crippen LogP contribution in [-0.4, -0.2) is 36.8 Å². The van der Waals surface area contributed by atoms with Crippen LogP contribution >= 0.6 is 8.25 Å². The molecule has 0 radical (unpaired) electrons. The van der Waals surface area contributed by atoms with E-state index in [2.05, 4.69) is 13.8 Å². The van der Waals surface area contributed by atoms with Crippen molar-refractivity contribution in [3.05, 3.63) is 0 Å². The van der Waals surface area contributed by atoms with Crippen molar-refractivity contribution < 1.29 is 33.3 Å². The Bertz CT molecular complexity index is 533. The van der Waals surface area contributed by atoms with E-state index in [0.717, 1.165) is 32.1 Å². The van der Waals surface area contributed by atoms with Gasteiger partial charge in [-0.3, -0.25) is 4.79 Å². The van der Waals surface area contributed by atoms with Crippen LogP contribution in [0.2, 0.25) is 0 Å². The third kappa shape index (κ3) is 31.8. The van der Waals surface area contributed by atoms with Gasteiger partial charge >= 0.3 is 14.2 Å². The van der Waals surface area contributed by atoms with Crippen molar-refractivity contribution >= 4 is 14.2 Å². The number of ether oxygens (including phenoxy) is 1. The van der Waals surface area contributed by atoms with Gasteiger partial charge in [0.05, 0.1) is 6.61 Å². The molecule has 0 aromatic rings. The van der Waals surface area contributed by atoms with Crippen LogP contribution in [0.4, 0.5) is 0 Å². The van der Waals surface area contributed by atoms with Crippen LogP contribution in [0.25, 0.3) is 0 Å². The molecular formula is C31H62O7P+. The second-order valence-electron chi connectivity index (χ2n) is 10.9. The summed E-state index contributed by atoms with van der Waals surface area (Å²) in [7, 11) is -2.76.